The quantitative estimate of drug-likeness (QED) is 0.191. The zero-order valence-electron chi connectivity index (χ0n) is 24.6. The maximum atomic E-state index is 14.0. The summed E-state index contributed by atoms with van der Waals surface area (Å²) in [5.74, 6) is -5.34. The largest absolute Gasteiger partial charge is 0.511 e. The number of allylic oxidation sites excluding steroid dienone is 1. The van der Waals surface area contributed by atoms with Crippen molar-refractivity contribution in [3.63, 3.8) is 0 Å². The molecule has 0 saturated heterocycles. The molecule has 0 aliphatic heterocycles. The number of aliphatic hydroxyl groups is 4. The van der Waals surface area contributed by atoms with Crippen LogP contribution in [0, 0.1) is 35.5 Å². The minimum atomic E-state index is -2.87. The zero-order chi connectivity index (χ0) is 31.7. The number of rotatable bonds is 4. The Morgan fingerprint density at radius 1 is 1.04 bits per heavy atom. The first-order valence-corrected chi connectivity index (χ1v) is 16.5. The number of hydrogen-bond acceptors (Lipinski definition) is 11. The van der Waals surface area contributed by atoms with Gasteiger partial charge in [0.05, 0.1) is 23.0 Å². The number of aromatic hydroxyl groups is 1. The van der Waals surface area contributed by atoms with Crippen LogP contribution in [-0.4, -0.2) is 59.7 Å². The Kier molecular flexibility index (Phi) is 6.15. The number of phenols is 1. The van der Waals surface area contributed by atoms with E-state index in [1.54, 1.807) is 19.1 Å². The topological polar surface area (TPSA) is 203 Å². The number of aromatic nitrogens is 1. The number of fused-ring (bicyclic) bond motifs is 3. The molecule has 7 aliphatic carbocycles. The molecule has 1 heterocycles. The first kappa shape index (κ1) is 28.7. The summed E-state index contributed by atoms with van der Waals surface area (Å²) in [5.41, 5.74) is 2.67. The second-order valence-corrected chi connectivity index (χ2v) is 14.9. The summed E-state index contributed by atoms with van der Waals surface area (Å²) in [6.07, 6.45) is 4.37. The highest BCUT2D eigenvalue weighted by atomic mass is 32.1. The van der Waals surface area contributed by atoms with Crippen LogP contribution in [0.25, 0.3) is 0 Å². The number of hydrogen-bond donors (Lipinski definition) is 7. The number of benzene rings is 1. The molecule has 9 rings (SSSR count). The van der Waals surface area contributed by atoms with Gasteiger partial charge in [0.25, 0.3) is 5.91 Å². The van der Waals surface area contributed by atoms with Gasteiger partial charge in [-0.1, -0.05) is 13.0 Å². The summed E-state index contributed by atoms with van der Waals surface area (Å²) in [4.78, 5) is 44.1. The standard InChI is InChI=1S/C33H35N3O8S/c1-11-16-2-3-18(35-32-36-19(10-45-32)22-14-5-12-4-13(7-14)8-15(22)6-12)27(39)23(16)28(40)25-21(11)26(38)17-9-20(37)24(31(34)43)29(41)33(17,44)30(25)42/h2-3,10-15,17,21-22,26,37-39,42,44H,4-9H2,1H3,(H2,34,43)(H,35,36)/t11-,12?,13?,14?,15?,17+,21+,22?,26+,33+/m0/s1. The first-order chi connectivity index (χ1) is 21.4. The number of phenolic OH excluding ortho intramolecular Hbond substituents is 1. The average molecular weight is 634 g/mol. The van der Waals surface area contributed by atoms with E-state index in [2.05, 4.69) is 10.7 Å². The van der Waals surface area contributed by atoms with Gasteiger partial charge in [-0.05, 0) is 73.3 Å². The molecule has 236 valence electrons. The van der Waals surface area contributed by atoms with Crippen molar-refractivity contribution in [2.45, 2.75) is 69.0 Å². The molecule has 45 heavy (non-hydrogen) atoms. The summed E-state index contributed by atoms with van der Waals surface area (Å²) in [7, 11) is 0. The normalized spacial score (nSPS) is 38.2. The van der Waals surface area contributed by atoms with Crippen LogP contribution in [-0.2, 0) is 9.59 Å². The molecule has 8 N–H and O–H groups in total. The minimum Gasteiger partial charge on any atom is -0.511 e. The summed E-state index contributed by atoms with van der Waals surface area (Å²) in [6, 6.07) is 3.31. The summed E-state index contributed by atoms with van der Waals surface area (Å²) >= 11 is 1.44. The third-order valence-electron chi connectivity index (χ3n) is 11.8. The Hall–Kier alpha value is -3.74. The summed E-state index contributed by atoms with van der Waals surface area (Å²) in [5, 5.41) is 62.0. The number of ketones is 2. The molecule has 7 aliphatic rings. The smallest absolute Gasteiger partial charge is 0.255 e. The molecule has 4 saturated carbocycles. The van der Waals surface area contributed by atoms with E-state index in [0.717, 1.165) is 17.5 Å². The lowest BCUT2D eigenvalue weighted by Gasteiger charge is -2.54. The Labute approximate surface area is 262 Å². The molecule has 0 radical (unpaired) electrons. The van der Waals surface area contributed by atoms with Crippen molar-refractivity contribution < 1.29 is 39.9 Å². The van der Waals surface area contributed by atoms with Crippen LogP contribution in [0.2, 0.25) is 0 Å². The third-order valence-corrected chi connectivity index (χ3v) is 12.6. The lowest BCUT2D eigenvalue weighted by Crippen LogP contribution is -2.62. The molecule has 4 fully saturated rings. The molecule has 2 aromatic rings. The molecule has 11 nitrogen and oxygen atoms in total. The fourth-order valence-electron chi connectivity index (χ4n) is 10.1. The van der Waals surface area contributed by atoms with Crippen molar-refractivity contribution in [2.24, 2.45) is 41.2 Å². The Bertz CT molecular complexity index is 1730. The molecule has 12 heteroatoms. The predicted molar refractivity (Wildman–Crippen MR) is 162 cm³/mol. The number of primary amides is 1. The monoisotopic (exact) mass is 633 g/mol. The molecule has 1 aromatic heterocycles. The highest BCUT2D eigenvalue weighted by Crippen LogP contribution is 2.60. The van der Waals surface area contributed by atoms with Crippen LogP contribution in [0.3, 0.4) is 0 Å². The predicted octanol–water partition coefficient (Wildman–Crippen LogP) is 3.85. The van der Waals surface area contributed by atoms with Gasteiger partial charge in [0.2, 0.25) is 5.78 Å². The van der Waals surface area contributed by atoms with E-state index >= 15 is 0 Å². The minimum absolute atomic E-state index is 0.130. The fourth-order valence-corrected chi connectivity index (χ4v) is 10.9. The highest BCUT2D eigenvalue weighted by molar-refractivity contribution is 7.13. The van der Waals surface area contributed by atoms with E-state index in [1.165, 1.54) is 43.4 Å². The Morgan fingerprint density at radius 2 is 1.71 bits per heavy atom. The molecule has 4 bridgehead atoms. The van der Waals surface area contributed by atoms with Crippen LogP contribution < -0.4 is 11.1 Å². The first-order valence-electron chi connectivity index (χ1n) is 15.6. The Balaban J connectivity index is 1.14. The van der Waals surface area contributed by atoms with E-state index in [-0.39, 0.29) is 17.0 Å². The van der Waals surface area contributed by atoms with Crippen molar-refractivity contribution in [2.75, 3.05) is 5.32 Å². The number of carbonyl (C=O) groups excluding carboxylic acids is 3. The van der Waals surface area contributed by atoms with Crippen molar-refractivity contribution in [3.8, 4) is 5.75 Å². The fraction of sp³-hybridized carbons (Fsp3) is 0.515. The van der Waals surface area contributed by atoms with Gasteiger partial charge < -0.3 is 36.6 Å². The second-order valence-electron chi connectivity index (χ2n) is 14.1. The van der Waals surface area contributed by atoms with Crippen LogP contribution >= 0.6 is 11.3 Å². The van der Waals surface area contributed by atoms with E-state index in [9.17, 15) is 39.9 Å². The molecule has 1 amide bonds. The van der Waals surface area contributed by atoms with E-state index in [1.807, 2.05) is 0 Å². The number of Topliss-reactive ketones (excluding diaryl/α,β-unsaturated/α-hetero) is 2. The van der Waals surface area contributed by atoms with Gasteiger partial charge in [-0.3, -0.25) is 14.4 Å². The molecule has 5 atom stereocenters. The maximum Gasteiger partial charge on any atom is 0.255 e. The molecule has 0 spiro atoms. The van der Waals surface area contributed by atoms with Gasteiger partial charge in [0.15, 0.2) is 22.3 Å². The molecular weight excluding hydrogens is 598 g/mol. The average Bonchev–Trinajstić information content (AvgIpc) is 3.43. The maximum absolute atomic E-state index is 14.0. The van der Waals surface area contributed by atoms with E-state index in [0.29, 0.717) is 28.4 Å². The molecule has 0 unspecified atom stereocenters. The summed E-state index contributed by atoms with van der Waals surface area (Å²) in [6.45, 7) is 1.70. The van der Waals surface area contributed by atoms with Crippen LogP contribution in [0.4, 0.5) is 10.8 Å². The van der Waals surface area contributed by atoms with Crippen LogP contribution in [0.1, 0.15) is 78.9 Å². The lowest BCUT2D eigenvalue weighted by molar-refractivity contribution is -0.154. The van der Waals surface area contributed by atoms with Gasteiger partial charge >= 0.3 is 0 Å². The van der Waals surface area contributed by atoms with E-state index in [4.69, 9.17) is 10.7 Å². The van der Waals surface area contributed by atoms with Gasteiger partial charge in [0.1, 0.15) is 17.1 Å². The molecular formula is C33H35N3O8S. The van der Waals surface area contributed by atoms with Crippen molar-refractivity contribution in [1.82, 2.24) is 4.98 Å². The SMILES string of the molecule is C[C@H]1c2ccc(Nc3nc(C4C5CC6CC(C5)CC4C6)cs3)c(O)c2C(=O)C2=C(O)[C@]3(O)C(=O)C(C(N)=O)=C(O)C[C@@H]3[C@@H](O)[C@@H]21. The number of anilines is 2. The van der Waals surface area contributed by atoms with Crippen LogP contribution in [0.15, 0.2) is 40.2 Å². The van der Waals surface area contributed by atoms with Crippen molar-refractivity contribution in [3.05, 3.63) is 57.0 Å². The third kappa shape index (κ3) is 3.82. The van der Waals surface area contributed by atoms with Crippen molar-refractivity contribution >= 4 is 39.6 Å². The molecule has 1 aromatic carbocycles. The number of nitrogens with two attached hydrogens (primary N) is 1. The number of thiazole rings is 1. The number of nitrogens with one attached hydrogen (secondary N) is 1. The van der Waals surface area contributed by atoms with E-state index < -0.39 is 76.0 Å². The number of aliphatic hydroxyl groups excluding tert-OH is 3. The highest BCUT2D eigenvalue weighted by Gasteiger charge is 2.64. The number of amides is 1. The summed E-state index contributed by atoms with van der Waals surface area (Å²) < 4.78 is 0. The van der Waals surface area contributed by atoms with Crippen LogP contribution in [0.5, 0.6) is 5.75 Å². The Morgan fingerprint density at radius 3 is 2.36 bits per heavy atom. The second kappa shape index (κ2) is 9.63. The van der Waals surface area contributed by atoms with Crippen molar-refractivity contribution in [1.29, 1.82) is 0 Å². The van der Waals surface area contributed by atoms with Gasteiger partial charge in [-0.2, -0.15) is 0 Å². The van der Waals surface area contributed by atoms with Gasteiger partial charge in [-0.15, -0.1) is 11.3 Å². The number of carbonyl (C=O) groups is 3. The van der Waals surface area contributed by atoms with Gasteiger partial charge in [-0.25, -0.2) is 4.98 Å². The zero-order valence-corrected chi connectivity index (χ0v) is 25.4. The lowest BCUT2D eigenvalue weighted by atomic mass is 9.51. The number of nitrogens with zero attached hydrogens (tertiary/aromatic N) is 1. The van der Waals surface area contributed by atoms with Gasteiger partial charge in [0, 0.05) is 35.1 Å².